The largest absolute Gasteiger partial charge is 0.481 e. The van der Waals surface area contributed by atoms with E-state index >= 15 is 0 Å². The van der Waals surface area contributed by atoms with Crippen LogP contribution in [0.2, 0.25) is 0 Å². The third kappa shape index (κ3) is 33.1. The van der Waals surface area contributed by atoms with E-state index in [4.69, 9.17) is 10.2 Å². The van der Waals surface area contributed by atoms with Gasteiger partial charge in [0.15, 0.2) is 0 Å². The second-order valence-electron chi connectivity index (χ2n) is 11.0. The molecule has 1 atom stereocenters. The van der Waals surface area contributed by atoms with Crippen LogP contribution in [-0.2, 0) is 9.59 Å². The van der Waals surface area contributed by atoms with Crippen molar-refractivity contribution in [2.75, 3.05) is 0 Å². The first-order chi connectivity index (χ1) is 22.2. The predicted molar refractivity (Wildman–Crippen MR) is 186 cm³/mol. The highest BCUT2D eigenvalue weighted by molar-refractivity contribution is 5.71. The lowest BCUT2D eigenvalue weighted by Crippen LogP contribution is -2.28. The smallest absolute Gasteiger partial charge is 0.379 e. The molecule has 0 aliphatic heterocycles. The maximum absolute atomic E-state index is 10.9. The number of allylic oxidation sites excluding steroid dienone is 11. The minimum atomic E-state index is -1.45. The van der Waals surface area contributed by atoms with Gasteiger partial charge in [-0.25, -0.2) is 4.79 Å². The fourth-order valence-electron chi connectivity index (χ4n) is 4.13. The molecule has 260 valence electrons. The Morgan fingerprint density at radius 3 is 1.61 bits per heavy atom. The van der Waals surface area contributed by atoms with Gasteiger partial charge >= 0.3 is 18.0 Å². The van der Waals surface area contributed by atoms with Crippen LogP contribution in [0.25, 0.3) is 0 Å². The van der Waals surface area contributed by atoms with Crippen LogP contribution < -0.4 is 0 Å². The highest BCUT2D eigenvalue weighted by atomic mass is 16.6. The molecule has 46 heavy (non-hydrogen) atoms. The molecule has 0 aliphatic carbocycles. The molecule has 0 heterocycles. The molecule has 0 aromatic rings. The number of carbonyl (C=O) groups is 2. The normalized spacial score (nSPS) is 12.8. The molecule has 0 aromatic carbocycles. The maximum Gasteiger partial charge on any atom is 0.379 e. The third-order valence-corrected chi connectivity index (χ3v) is 6.87. The number of rotatable bonds is 28. The van der Waals surface area contributed by atoms with Gasteiger partial charge in [0.2, 0.25) is 0 Å². The van der Waals surface area contributed by atoms with Crippen molar-refractivity contribution in [2.45, 2.75) is 142 Å². The summed E-state index contributed by atoms with van der Waals surface area (Å²) in [6, 6.07) is -1.45. The first-order valence-electron chi connectivity index (χ1n) is 16.9. The lowest BCUT2D eigenvalue weighted by atomic mass is 10.1. The molecule has 0 saturated carbocycles. The summed E-state index contributed by atoms with van der Waals surface area (Å²) in [7, 11) is 0. The van der Waals surface area contributed by atoms with E-state index < -0.39 is 22.9 Å². The van der Waals surface area contributed by atoms with E-state index in [1.165, 1.54) is 18.9 Å². The number of hydrogen-bond donors (Lipinski definition) is 2. The average molecular weight is 647 g/mol. The van der Waals surface area contributed by atoms with Crippen molar-refractivity contribution in [3.63, 3.8) is 0 Å². The summed E-state index contributed by atoms with van der Waals surface area (Å²) in [6.45, 7) is 4.24. The van der Waals surface area contributed by atoms with E-state index in [2.05, 4.69) is 32.1 Å². The summed E-state index contributed by atoms with van der Waals surface area (Å²) < 4.78 is 0. The molecule has 0 spiro atoms. The number of aliphatic carboxylic acids is 2. The Labute approximate surface area is 276 Å². The van der Waals surface area contributed by atoms with Gasteiger partial charge in [-0.3, -0.25) is 25.0 Å². The predicted octanol–water partition coefficient (Wildman–Crippen LogP) is 10.2. The first-order valence-corrected chi connectivity index (χ1v) is 16.9. The van der Waals surface area contributed by atoms with Crippen LogP contribution in [0.15, 0.2) is 72.5 Å². The Bertz CT molecular complexity index is 982. The van der Waals surface area contributed by atoms with Gasteiger partial charge in [0.25, 0.3) is 5.70 Å². The van der Waals surface area contributed by atoms with Gasteiger partial charge in [-0.05, 0) is 63.9 Å². The van der Waals surface area contributed by atoms with Crippen molar-refractivity contribution in [3.8, 4) is 0 Å². The van der Waals surface area contributed by atoms with Crippen molar-refractivity contribution >= 4 is 11.9 Å². The van der Waals surface area contributed by atoms with E-state index in [-0.39, 0.29) is 23.5 Å². The fraction of sp³-hybridized carbons (Fsp3) is 0.611. The highest BCUT2D eigenvalue weighted by Gasteiger charge is 2.27. The molecule has 0 rings (SSSR count). The van der Waals surface area contributed by atoms with Crippen molar-refractivity contribution in [1.82, 2.24) is 0 Å². The molecule has 0 radical (unpaired) electrons. The molecule has 0 aromatic heterocycles. The Hall–Kier alpha value is -3.82. The zero-order valence-corrected chi connectivity index (χ0v) is 28.1. The van der Waals surface area contributed by atoms with Crippen LogP contribution in [0, 0.1) is 20.2 Å². The van der Waals surface area contributed by atoms with E-state index in [1.54, 1.807) is 12.2 Å². The molecule has 0 fully saturated rings. The standard InChI is InChI=1S/2C18H29NO4/c1-2-3-11-14-17(19(22)23)15-12-9-7-5-4-6-8-10-13-16-18(20)21;1-2-3-4-5-6-7-8-9-10-11-12-13-14-15-16-17(18(20)21)19(22)23/h7,9,12,14-15H,2-6,8,10-11,13,16H2,1H3,(H,20,21);5-10,17H,2-4,11-16H2,1H3,(H,20,21)/b;6-5-,8-7+,10-9-. The van der Waals surface area contributed by atoms with Crippen LogP contribution in [0.3, 0.4) is 0 Å². The zero-order valence-electron chi connectivity index (χ0n) is 28.1. The van der Waals surface area contributed by atoms with Gasteiger partial charge in [-0.1, -0.05) is 120 Å². The molecule has 0 aliphatic rings. The maximum atomic E-state index is 10.9. The van der Waals surface area contributed by atoms with Gasteiger partial charge in [0.1, 0.15) is 0 Å². The summed E-state index contributed by atoms with van der Waals surface area (Å²) in [4.78, 5) is 41.3. The zero-order chi connectivity index (χ0) is 34.7. The molecule has 0 amide bonds. The van der Waals surface area contributed by atoms with Gasteiger partial charge in [-0.15, -0.1) is 0 Å². The minimum absolute atomic E-state index is 0.116. The van der Waals surface area contributed by atoms with Crippen LogP contribution in [-0.4, -0.2) is 38.0 Å². The monoisotopic (exact) mass is 646 g/mol. The Kier molecular flexibility index (Phi) is 32.8. The quantitative estimate of drug-likeness (QED) is 0.0367. The molecule has 0 bridgehead atoms. The van der Waals surface area contributed by atoms with E-state index in [0.29, 0.717) is 6.42 Å². The number of nitrogens with zero attached hydrogens (tertiary/aromatic N) is 2. The Balaban J connectivity index is 0. The lowest BCUT2D eigenvalue weighted by Gasteiger charge is -2.04. The molecule has 1 unspecified atom stereocenters. The Morgan fingerprint density at radius 1 is 0.630 bits per heavy atom. The molecule has 10 nitrogen and oxygen atoms in total. The minimum Gasteiger partial charge on any atom is -0.481 e. The topological polar surface area (TPSA) is 161 Å². The molecule has 2 N–H and O–H groups in total. The van der Waals surface area contributed by atoms with Gasteiger partial charge in [0, 0.05) is 23.8 Å². The average Bonchev–Trinajstić information content (AvgIpc) is 3.00. The first kappa shape index (κ1) is 44.3. The number of unbranched alkanes of at least 4 members (excludes halogenated alkanes) is 13. The number of carboxylic acids is 2. The highest BCUT2D eigenvalue weighted by Crippen LogP contribution is 2.10. The summed E-state index contributed by atoms with van der Waals surface area (Å²) in [5, 5.41) is 38.6. The number of carboxylic acid groups (broad SMARTS) is 2. The molecule has 10 heteroatoms. The fourth-order valence-corrected chi connectivity index (χ4v) is 4.13. The summed E-state index contributed by atoms with van der Waals surface area (Å²) >= 11 is 0. The van der Waals surface area contributed by atoms with Crippen molar-refractivity contribution < 1.29 is 29.6 Å². The van der Waals surface area contributed by atoms with Gasteiger partial charge < -0.3 is 10.2 Å². The molecular formula is C36H58N2O8. The Morgan fingerprint density at radius 2 is 1.11 bits per heavy atom. The molecule has 0 saturated heterocycles. The van der Waals surface area contributed by atoms with Crippen molar-refractivity contribution in [1.29, 1.82) is 0 Å². The van der Waals surface area contributed by atoms with Gasteiger partial charge in [0.05, 0.1) is 4.92 Å². The van der Waals surface area contributed by atoms with Crippen LogP contribution in [0.4, 0.5) is 0 Å². The van der Waals surface area contributed by atoms with Crippen LogP contribution >= 0.6 is 0 Å². The number of nitro groups is 2. The van der Waals surface area contributed by atoms with Crippen molar-refractivity contribution in [2.24, 2.45) is 0 Å². The van der Waals surface area contributed by atoms with E-state index in [9.17, 15) is 29.8 Å². The summed E-state index contributed by atoms with van der Waals surface area (Å²) in [6.07, 6.45) is 38.1. The SMILES string of the molecule is CCCCC=C(C=CC=CCCCCCCCC(=O)O)[N+](=O)[O-].CCCC\C=C/C=C/C=C\CCCCCCC(C(=O)O)[N+](=O)[O-]. The summed E-state index contributed by atoms with van der Waals surface area (Å²) in [5.74, 6) is -2.06. The van der Waals surface area contributed by atoms with Gasteiger partial charge in [-0.2, -0.15) is 0 Å². The third-order valence-electron chi connectivity index (χ3n) is 6.87. The number of hydrogen-bond acceptors (Lipinski definition) is 6. The van der Waals surface area contributed by atoms with Crippen LogP contribution in [0.1, 0.15) is 136 Å². The lowest BCUT2D eigenvalue weighted by molar-refractivity contribution is -0.511. The van der Waals surface area contributed by atoms with Crippen LogP contribution in [0.5, 0.6) is 0 Å². The second-order valence-corrected chi connectivity index (χ2v) is 11.0. The second kappa shape index (κ2) is 34.1. The van der Waals surface area contributed by atoms with E-state index in [1.807, 2.05) is 30.4 Å². The van der Waals surface area contributed by atoms with E-state index in [0.717, 1.165) is 89.9 Å². The summed E-state index contributed by atoms with van der Waals surface area (Å²) in [5.41, 5.74) is 0.154. The van der Waals surface area contributed by atoms with Crippen molar-refractivity contribution in [3.05, 3.63) is 92.8 Å². The molecular weight excluding hydrogens is 588 g/mol.